The molecule has 3 unspecified atom stereocenters. The van der Waals surface area contributed by atoms with Gasteiger partial charge in [-0.3, -0.25) is 9.69 Å². The molecule has 0 aromatic heterocycles. The van der Waals surface area contributed by atoms with Gasteiger partial charge in [-0.1, -0.05) is 30.7 Å². The number of thiocarbonyl (C=S) groups is 1. The Bertz CT molecular complexity index is 965. The summed E-state index contributed by atoms with van der Waals surface area (Å²) < 4.78 is 11.9. The first-order valence-corrected chi connectivity index (χ1v) is 10.5. The second kappa shape index (κ2) is 7.50. The smallest absolute Gasteiger partial charge is 0.317 e. The number of carbonyl (C=O) groups is 1. The van der Waals surface area contributed by atoms with Crippen LogP contribution in [0.15, 0.2) is 42.5 Å². The quantitative estimate of drug-likeness (QED) is 0.564. The Balaban J connectivity index is 1.86. The third kappa shape index (κ3) is 3.24. The van der Waals surface area contributed by atoms with Gasteiger partial charge in [-0.2, -0.15) is 0 Å². The molecular weight excluding hydrogens is 408 g/mol. The average Bonchev–Trinajstić information content (AvgIpc) is 2.68. The third-order valence-electron chi connectivity index (χ3n) is 5.60. The molecule has 1 fully saturated rings. The zero-order valence-electron chi connectivity index (χ0n) is 16.6. The number of halogens is 1. The van der Waals surface area contributed by atoms with E-state index in [2.05, 4.69) is 24.4 Å². The van der Waals surface area contributed by atoms with E-state index in [1.54, 1.807) is 13.0 Å². The summed E-state index contributed by atoms with van der Waals surface area (Å²) in [5.41, 5.74) is 1.83. The number of ether oxygens (including phenoxy) is 2. The second-order valence-corrected chi connectivity index (χ2v) is 8.17. The second-order valence-electron chi connectivity index (χ2n) is 7.35. The maximum absolute atomic E-state index is 13.1. The van der Waals surface area contributed by atoms with Crippen molar-refractivity contribution >= 4 is 40.6 Å². The van der Waals surface area contributed by atoms with E-state index in [0.29, 0.717) is 15.9 Å². The van der Waals surface area contributed by atoms with Crippen LogP contribution in [-0.2, 0) is 16.0 Å². The van der Waals surface area contributed by atoms with E-state index in [9.17, 15) is 4.79 Å². The molecule has 7 heteroatoms. The van der Waals surface area contributed by atoms with Gasteiger partial charge in [0.2, 0.25) is 5.72 Å². The monoisotopic (exact) mass is 430 g/mol. The maximum atomic E-state index is 13.1. The summed E-state index contributed by atoms with van der Waals surface area (Å²) >= 11 is 11.9. The lowest BCUT2D eigenvalue weighted by Crippen LogP contribution is -2.71. The minimum absolute atomic E-state index is 0.288. The highest BCUT2D eigenvalue weighted by Gasteiger charge is 2.59. The van der Waals surface area contributed by atoms with E-state index in [0.717, 1.165) is 17.7 Å². The van der Waals surface area contributed by atoms with Gasteiger partial charge in [-0.25, -0.2) is 0 Å². The molecule has 4 rings (SSSR count). The molecular formula is C22H23ClN2O3S. The number of rotatable bonds is 4. The summed E-state index contributed by atoms with van der Waals surface area (Å²) in [6.45, 7) is 6.08. The Hall–Kier alpha value is -2.31. The van der Waals surface area contributed by atoms with Gasteiger partial charge in [-0.05, 0) is 68.4 Å². The summed E-state index contributed by atoms with van der Waals surface area (Å²) in [5.74, 6) is -0.297. The largest absolute Gasteiger partial charge is 0.466 e. The van der Waals surface area contributed by atoms with Gasteiger partial charge in [-0.15, -0.1) is 0 Å². The molecule has 0 aliphatic carbocycles. The molecule has 29 heavy (non-hydrogen) atoms. The molecule has 2 aliphatic heterocycles. The number of carbonyl (C=O) groups excluding carboxylic acids is 1. The molecule has 152 valence electrons. The van der Waals surface area contributed by atoms with E-state index < -0.39 is 11.6 Å². The Morgan fingerprint density at radius 1 is 1.28 bits per heavy atom. The highest BCUT2D eigenvalue weighted by atomic mass is 35.5. The first-order valence-electron chi connectivity index (χ1n) is 9.73. The Morgan fingerprint density at radius 2 is 2.00 bits per heavy atom. The van der Waals surface area contributed by atoms with E-state index in [-0.39, 0.29) is 18.6 Å². The number of nitrogens with one attached hydrogen (secondary N) is 1. The van der Waals surface area contributed by atoms with Crippen molar-refractivity contribution in [2.45, 2.75) is 39.0 Å². The van der Waals surface area contributed by atoms with Crippen LogP contribution in [0.5, 0.6) is 5.75 Å². The standard InChI is InChI=1S/C22H23ClN2O3S/c1-4-13-6-9-15(10-7-13)25-21(29)24-19-16-12-14(23)8-11-17(16)28-22(25,3)18(19)20(26)27-5-2/h6-12,18-19H,4-5H2,1-3H3,(H,24,29). The molecule has 2 aromatic carbocycles. The maximum Gasteiger partial charge on any atom is 0.317 e. The van der Waals surface area contributed by atoms with Gasteiger partial charge in [0.15, 0.2) is 5.11 Å². The number of hydrogen-bond donors (Lipinski definition) is 1. The number of nitrogens with zero attached hydrogens (tertiary/aromatic N) is 1. The van der Waals surface area contributed by atoms with Crippen LogP contribution >= 0.6 is 23.8 Å². The predicted octanol–water partition coefficient (Wildman–Crippen LogP) is 4.63. The van der Waals surface area contributed by atoms with Crippen LogP contribution in [0.25, 0.3) is 0 Å². The lowest BCUT2D eigenvalue weighted by molar-refractivity contribution is -0.159. The molecule has 2 bridgehead atoms. The Kier molecular flexibility index (Phi) is 5.17. The Labute approximate surface area is 180 Å². The lowest BCUT2D eigenvalue weighted by Gasteiger charge is -2.55. The molecule has 0 amide bonds. The van der Waals surface area contributed by atoms with Crippen LogP contribution in [0.3, 0.4) is 0 Å². The van der Waals surface area contributed by atoms with Gasteiger partial charge in [0.25, 0.3) is 0 Å². The fourth-order valence-electron chi connectivity index (χ4n) is 4.22. The van der Waals surface area contributed by atoms with Gasteiger partial charge < -0.3 is 14.8 Å². The van der Waals surface area contributed by atoms with Crippen LogP contribution < -0.4 is 15.0 Å². The lowest BCUT2D eigenvalue weighted by atomic mass is 9.79. The molecule has 5 nitrogen and oxygen atoms in total. The first-order chi connectivity index (χ1) is 13.9. The summed E-state index contributed by atoms with van der Waals surface area (Å²) in [7, 11) is 0. The number of anilines is 1. The van der Waals surface area contributed by atoms with Crippen molar-refractivity contribution in [2.24, 2.45) is 5.92 Å². The molecule has 2 heterocycles. The van der Waals surface area contributed by atoms with Crippen molar-refractivity contribution < 1.29 is 14.3 Å². The minimum Gasteiger partial charge on any atom is -0.466 e. The highest BCUT2D eigenvalue weighted by Crippen LogP contribution is 2.50. The minimum atomic E-state index is -1.05. The zero-order chi connectivity index (χ0) is 20.8. The number of hydrogen-bond acceptors (Lipinski definition) is 4. The van der Waals surface area contributed by atoms with Crippen molar-refractivity contribution in [3.05, 3.63) is 58.6 Å². The van der Waals surface area contributed by atoms with Gasteiger partial charge in [0.1, 0.15) is 11.7 Å². The van der Waals surface area contributed by atoms with Crippen molar-refractivity contribution in [3.8, 4) is 5.75 Å². The summed E-state index contributed by atoms with van der Waals surface area (Å²) in [4.78, 5) is 14.9. The van der Waals surface area contributed by atoms with Crippen LogP contribution in [-0.4, -0.2) is 23.4 Å². The van der Waals surface area contributed by atoms with E-state index in [1.165, 1.54) is 5.56 Å². The molecule has 0 spiro atoms. The fourth-order valence-corrected chi connectivity index (χ4v) is 4.81. The molecule has 3 atom stereocenters. The molecule has 2 aliphatic rings. The van der Waals surface area contributed by atoms with E-state index in [4.69, 9.17) is 33.3 Å². The van der Waals surface area contributed by atoms with Crippen LogP contribution in [0.2, 0.25) is 5.02 Å². The van der Waals surface area contributed by atoms with Crippen molar-refractivity contribution in [2.75, 3.05) is 11.5 Å². The number of benzene rings is 2. The summed E-state index contributed by atoms with van der Waals surface area (Å²) in [6.07, 6.45) is 0.943. The Morgan fingerprint density at radius 3 is 2.66 bits per heavy atom. The van der Waals surface area contributed by atoms with E-state index in [1.807, 2.05) is 36.1 Å². The average molecular weight is 431 g/mol. The van der Waals surface area contributed by atoms with E-state index >= 15 is 0 Å². The summed E-state index contributed by atoms with van der Waals surface area (Å²) in [6, 6.07) is 13.2. The fraction of sp³-hybridized carbons (Fsp3) is 0.364. The van der Waals surface area contributed by atoms with Crippen LogP contribution in [0, 0.1) is 5.92 Å². The van der Waals surface area contributed by atoms with Gasteiger partial charge in [0.05, 0.1) is 12.6 Å². The van der Waals surface area contributed by atoms with Crippen LogP contribution in [0.1, 0.15) is 37.9 Å². The van der Waals surface area contributed by atoms with Crippen LogP contribution in [0.4, 0.5) is 5.69 Å². The number of esters is 1. The zero-order valence-corrected chi connectivity index (χ0v) is 18.1. The van der Waals surface area contributed by atoms with Crippen molar-refractivity contribution in [3.63, 3.8) is 0 Å². The molecule has 0 radical (unpaired) electrons. The predicted molar refractivity (Wildman–Crippen MR) is 117 cm³/mol. The normalized spacial score (nSPS) is 25.0. The van der Waals surface area contributed by atoms with Crippen molar-refractivity contribution in [1.29, 1.82) is 0 Å². The third-order valence-corrected chi connectivity index (χ3v) is 6.14. The van der Waals surface area contributed by atoms with Crippen molar-refractivity contribution in [1.82, 2.24) is 5.32 Å². The highest BCUT2D eigenvalue weighted by molar-refractivity contribution is 7.80. The van der Waals surface area contributed by atoms with Gasteiger partial charge in [0, 0.05) is 16.3 Å². The molecule has 2 aromatic rings. The number of fused-ring (bicyclic) bond motifs is 4. The summed E-state index contributed by atoms with van der Waals surface area (Å²) in [5, 5.41) is 4.41. The molecule has 1 saturated heterocycles. The molecule has 1 N–H and O–H groups in total. The molecule has 0 saturated carbocycles. The topological polar surface area (TPSA) is 50.8 Å². The SMILES string of the molecule is CCOC(=O)C1C2NC(=S)N(c3ccc(CC)cc3)C1(C)Oc1ccc(Cl)cc12. The van der Waals surface area contributed by atoms with Gasteiger partial charge >= 0.3 is 5.97 Å². The first kappa shape index (κ1) is 20.0. The number of aryl methyl sites for hydroxylation is 1.